The molecule has 0 spiro atoms. The number of rotatable bonds is 2. The lowest BCUT2D eigenvalue weighted by atomic mass is 10.2. The number of anilines is 3. The van der Waals surface area contributed by atoms with Crippen molar-refractivity contribution in [3.05, 3.63) is 45.0 Å². The summed E-state index contributed by atoms with van der Waals surface area (Å²) in [5.41, 5.74) is 6.98. The smallest absolute Gasteiger partial charge is 0.169 e. The van der Waals surface area contributed by atoms with Gasteiger partial charge in [0.05, 0.1) is 0 Å². The number of nitrogens with one attached hydrogen (secondary N) is 1. The van der Waals surface area contributed by atoms with Gasteiger partial charge in [0.25, 0.3) is 0 Å². The summed E-state index contributed by atoms with van der Waals surface area (Å²) in [4.78, 5) is 3.65. The van der Waals surface area contributed by atoms with Crippen molar-refractivity contribution in [2.45, 2.75) is 6.92 Å². The first-order valence-corrected chi connectivity index (χ1v) is 6.20. The normalized spacial score (nSPS) is 10.4. The first-order valence-electron chi connectivity index (χ1n) is 5.12. The van der Waals surface area contributed by atoms with Crippen molar-refractivity contribution in [1.29, 1.82) is 0 Å². The van der Waals surface area contributed by atoms with Crippen LogP contribution in [0, 0.1) is 22.1 Å². The molecule has 0 radical (unpaired) electrons. The zero-order chi connectivity index (χ0) is 13.3. The molecule has 0 unspecified atom stereocenters. The summed E-state index contributed by atoms with van der Waals surface area (Å²) in [5, 5.41) is 2.81. The van der Waals surface area contributed by atoms with Crippen LogP contribution in [0.2, 0.25) is 0 Å². The largest absolute Gasteiger partial charge is 0.381 e. The predicted molar refractivity (Wildman–Crippen MR) is 75.7 cm³/mol. The Kier molecular flexibility index (Phi) is 3.65. The van der Waals surface area contributed by atoms with Crippen LogP contribution in [0.5, 0.6) is 0 Å². The molecule has 2 rings (SSSR count). The summed E-state index contributed by atoms with van der Waals surface area (Å²) in [6.45, 7) is 1.90. The van der Waals surface area contributed by atoms with Crippen LogP contribution in [-0.2, 0) is 0 Å². The first kappa shape index (κ1) is 13.0. The monoisotopic (exact) mass is 361 g/mol. The van der Waals surface area contributed by atoms with Crippen LogP contribution in [0.15, 0.2) is 24.3 Å². The van der Waals surface area contributed by atoms with Gasteiger partial charge in [0, 0.05) is 15.3 Å². The number of pyridine rings is 1. The third kappa shape index (κ3) is 2.53. The highest BCUT2D eigenvalue weighted by atomic mass is 127. The number of nitrogens with zero attached hydrogens (tertiary/aromatic N) is 1. The molecule has 1 aromatic heterocycles. The number of nitrogen functional groups attached to an aromatic ring is 1. The van der Waals surface area contributed by atoms with Gasteiger partial charge in [0.1, 0.15) is 0 Å². The van der Waals surface area contributed by atoms with Gasteiger partial charge in [-0.3, -0.25) is 0 Å². The molecule has 3 nitrogen and oxygen atoms in total. The third-order valence-corrected chi connectivity index (χ3v) is 3.65. The van der Waals surface area contributed by atoms with Crippen molar-refractivity contribution in [3.8, 4) is 0 Å². The molecule has 3 N–H and O–H groups in total. The number of aromatic nitrogens is 1. The Morgan fingerprint density at radius 2 is 2.00 bits per heavy atom. The lowest BCUT2D eigenvalue weighted by Crippen LogP contribution is -2.04. The fourth-order valence-corrected chi connectivity index (χ4v) is 1.94. The van der Waals surface area contributed by atoms with Crippen LogP contribution in [0.1, 0.15) is 5.56 Å². The number of hydrogen-bond acceptors (Lipinski definition) is 3. The highest BCUT2D eigenvalue weighted by Gasteiger charge is 2.11. The molecule has 0 aliphatic carbocycles. The SMILES string of the molecule is Cc1c(I)cccc1Nc1nc(N)c(F)cc1F. The summed E-state index contributed by atoms with van der Waals surface area (Å²) in [5.74, 6) is -2.06. The van der Waals surface area contributed by atoms with Crippen molar-refractivity contribution in [1.82, 2.24) is 4.98 Å². The Morgan fingerprint density at radius 3 is 2.72 bits per heavy atom. The Hall–Kier alpha value is -1.44. The van der Waals surface area contributed by atoms with Gasteiger partial charge in [0.15, 0.2) is 23.3 Å². The van der Waals surface area contributed by atoms with Crippen LogP contribution < -0.4 is 11.1 Å². The Balaban J connectivity index is 2.40. The van der Waals surface area contributed by atoms with Gasteiger partial charge in [-0.05, 0) is 47.2 Å². The van der Waals surface area contributed by atoms with E-state index in [9.17, 15) is 8.78 Å². The summed E-state index contributed by atoms with van der Waals surface area (Å²) in [7, 11) is 0. The van der Waals surface area contributed by atoms with Gasteiger partial charge in [-0.1, -0.05) is 6.07 Å². The van der Waals surface area contributed by atoms with E-state index in [4.69, 9.17) is 5.73 Å². The quantitative estimate of drug-likeness (QED) is 0.804. The molecule has 0 amide bonds. The van der Waals surface area contributed by atoms with E-state index in [1.807, 2.05) is 19.1 Å². The van der Waals surface area contributed by atoms with Gasteiger partial charge >= 0.3 is 0 Å². The van der Waals surface area contributed by atoms with Crippen molar-refractivity contribution in [3.63, 3.8) is 0 Å². The number of hydrogen-bond donors (Lipinski definition) is 2. The Morgan fingerprint density at radius 1 is 1.28 bits per heavy atom. The zero-order valence-electron chi connectivity index (χ0n) is 9.47. The lowest BCUT2D eigenvalue weighted by Gasteiger charge is -2.11. The van der Waals surface area contributed by atoms with Crippen molar-refractivity contribution < 1.29 is 8.78 Å². The van der Waals surface area contributed by atoms with Crippen LogP contribution in [0.3, 0.4) is 0 Å². The average molecular weight is 361 g/mol. The van der Waals surface area contributed by atoms with Gasteiger partial charge < -0.3 is 11.1 Å². The molecule has 0 aliphatic rings. The van der Waals surface area contributed by atoms with Gasteiger partial charge in [-0.25, -0.2) is 13.8 Å². The van der Waals surface area contributed by atoms with E-state index in [-0.39, 0.29) is 11.6 Å². The van der Waals surface area contributed by atoms with E-state index < -0.39 is 11.6 Å². The van der Waals surface area contributed by atoms with Crippen LogP contribution in [0.4, 0.5) is 26.1 Å². The molecule has 0 atom stereocenters. The molecule has 18 heavy (non-hydrogen) atoms. The highest BCUT2D eigenvalue weighted by Crippen LogP contribution is 2.25. The molecule has 94 valence electrons. The fraction of sp³-hybridized carbons (Fsp3) is 0.0833. The second kappa shape index (κ2) is 5.05. The van der Waals surface area contributed by atoms with E-state index in [1.54, 1.807) is 6.07 Å². The molecule has 0 saturated carbocycles. The van der Waals surface area contributed by atoms with Gasteiger partial charge in [-0.15, -0.1) is 0 Å². The topological polar surface area (TPSA) is 50.9 Å². The molecule has 0 aliphatic heterocycles. The standard InChI is InChI=1S/C12H10F2IN3/c1-6-9(15)3-2-4-10(6)17-12-8(14)5-7(13)11(16)18-12/h2-5H,1H3,(H3,16,17,18). The molecule has 0 fully saturated rings. The lowest BCUT2D eigenvalue weighted by molar-refractivity contribution is 0.581. The summed E-state index contributed by atoms with van der Waals surface area (Å²) < 4.78 is 27.5. The summed E-state index contributed by atoms with van der Waals surface area (Å²) in [6, 6.07) is 6.28. The number of halogens is 3. The minimum atomic E-state index is -0.864. The molecule has 2 aromatic rings. The van der Waals surface area contributed by atoms with E-state index >= 15 is 0 Å². The Labute approximate surface area is 117 Å². The highest BCUT2D eigenvalue weighted by molar-refractivity contribution is 14.1. The third-order valence-electron chi connectivity index (χ3n) is 2.48. The minimum Gasteiger partial charge on any atom is -0.381 e. The van der Waals surface area contributed by atoms with Crippen LogP contribution >= 0.6 is 22.6 Å². The first-order chi connectivity index (χ1) is 8.49. The molecule has 1 aromatic carbocycles. The van der Waals surface area contributed by atoms with E-state index in [2.05, 4.69) is 32.9 Å². The maximum absolute atomic E-state index is 13.5. The second-order valence-corrected chi connectivity index (χ2v) is 4.89. The molecule has 6 heteroatoms. The number of nitrogens with two attached hydrogens (primary N) is 1. The molecule has 1 heterocycles. The van der Waals surface area contributed by atoms with Gasteiger partial charge in [-0.2, -0.15) is 0 Å². The molecular weight excluding hydrogens is 351 g/mol. The van der Waals surface area contributed by atoms with Gasteiger partial charge in [0.2, 0.25) is 0 Å². The van der Waals surface area contributed by atoms with Crippen LogP contribution in [-0.4, -0.2) is 4.98 Å². The zero-order valence-corrected chi connectivity index (χ0v) is 11.6. The minimum absolute atomic E-state index is 0.0843. The molecule has 0 bridgehead atoms. The summed E-state index contributed by atoms with van der Waals surface area (Å²) >= 11 is 2.17. The maximum Gasteiger partial charge on any atom is 0.169 e. The van der Waals surface area contributed by atoms with Crippen molar-refractivity contribution in [2.75, 3.05) is 11.1 Å². The second-order valence-electron chi connectivity index (χ2n) is 3.72. The average Bonchev–Trinajstić information content (AvgIpc) is 2.32. The molecular formula is C12H10F2IN3. The van der Waals surface area contributed by atoms with Crippen LogP contribution in [0.25, 0.3) is 0 Å². The molecule has 0 saturated heterocycles. The summed E-state index contributed by atoms with van der Waals surface area (Å²) in [6.07, 6.45) is 0. The van der Waals surface area contributed by atoms with E-state index in [1.165, 1.54) is 0 Å². The van der Waals surface area contributed by atoms with E-state index in [0.29, 0.717) is 11.8 Å². The van der Waals surface area contributed by atoms with Crippen molar-refractivity contribution in [2.24, 2.45) is 0 Å². The Bertz CT molecular complexity index is 602. The van der Waals surface area contributed by atoms with Crippen molar-refractivity contribution >= 4 is 39.9 Å². The fourth-order valence-electron chi connectivity index (χ4n) is 1.44. The van der Waals surface area contributed by atoms with E-state index in [0.717, 1.165) is 9.13 Å². The predicted octanol–water partition coefficient (Wildman–Crippen LogP) is 3.60. The maximum atomic E-state index is 13.5. The number of benzene rings is 1.